The third-order valence-electron chi connectivity index (χ3n) is 3.32. The van der Waals surface area contributed by atoms with Crippen LogP contribution in [0.25, 0.3) is 11.2 Å². The van der Waals surface area contributed by atoms with E-state index in [2.05, 4.69) is 14.6 Å². The van der Waals surface area contributed by atoms with Crippen LogP contribution in [0.15, 0.2) is 0 Å². The molecule has 0 N–H and O–H groups in total. The smallest absolute Gasteiger partial charge is 0.158 e. The number of nitrogens with zero attached hydrogens (tertiary/aromatic N) is 4. The van der Waals surface area contributed by atoms with E-state index in [1.54, 1.807) is 7.11 Å². The van der Waals surface area contributed by atoms with E-state index in [1.807, 2.05) is 18.7 Å². The molecule has 6 heteroatoms. The summed E-state index contributed by atoms with van der Waals surface area (Å²) in [6, 6.07) is 0. The molecule has 0 atom stereocenters. The van der Waals surface area contributed by atoms with Gasteiger partial charge in [0.15, 0.2) is 5.65 Å². The Morgan fingerprint density at radius 2 is 2.05 bits per heavy atom. The number of aromatic nitrogens is 4. The lowest BCUT2D eigenvalue weighted by molar-refractivity contribution is 0.191. The maximum Gasteiger partial charge on any atom is 0.158 e. The Morgan fingerprint density at radius 3 is 2.74 bits per heavy atom. The zero-order valence-corrected chi connectivity index (χ0v) is 12.6. The summed E-state index contributed by atoms with van der Waals surface area (Å²) >= 11 is 5.99. The summed E-state index contributed by atoms with van der Waals surface area (Å²) in [5.74, 6) is 1.37. The molecule has 0 aliphatic heterocycles. The third-order valence-corrected chi connectivity index (χ3v) is 3.56. The van der Waals surface area contributed by atoms with E-state index in [9.17, 15) is 0 Å². The van der Waals surface area contributed by atoms with Crippen LogP contribution in [0.3, 0.4) is 0 Å². The molecule has 0 spiro atoms. The van der Waals surface area contributed by atoms with Gasteiger partial charge in [-0.05, 0) is 26.2 Å². The van der Waals surface area contributed by atoms with Crippen LogP contribution in [-0.2, 0) is 24.2 Å². The van der Waals surface area contributed by atoms with Gasteiger partial charge in [-0.2, -0.15) is 5.10 Å². The predicted octanol–water partition coefficient (Wildman–Crippen LogP) is 2.63. The lowest BCUT2D eigenvalue weighted by Crippen LogP contribution is -2.07. The van der Waals surface area contributed by atoms with Gasteiger partial charge in [0.25, 0.3) is 0 Å². The summed E-state index contributed by atoms with van der Waals surface area (Å²) in [5, 5.41) is 4.41. The maximum absolute atomic E-state index is 5.99. The molecule has 2 rings (SSSR count). The third kappa shape index (κ3) is 2.92. The molecule has 106 valence electrons. The first-order chi connectivity index (χ1) is 9.19. The Kier molecular flexibility index (Phi) is 4.82. The molecule has 5 nitrogen and oxygen atoms in total. The van der Waals surface area contributed by atoms with Crippen LogP contribution in [0.4, 0.5) is 0 Å². The summed E-state index contributed by atoms with van der Waals surface area (Å²) in [6.45, 7) is 3.74. The van der Waals surface area contributed by atoms with Crippen LogP contribution < -0.4 is 0 Å². The van der Waals surface area contributed by atoms with Crippen LogP contribution >= 0.6 is 11.6 Å². The highest BCUT2D eigenvalue weighted by molar-refractivity contribution is 6.16. The van der Waals surface area contributed by atoms with Crippen molar-refractivity contribution in [3.05, 3.63) is 11.5 Å². The zero-order chi connectivity index (χ0) is 13.8. The Hall–Kier alpha value is -1.07. The first kappa shape index (κ1) is 14.3. The van der Waals surface area contributed by atoms with Crippen molar-refractivity contribution in [2.75, 3.05) is 13.7 Å². The van der Waals surface area contributed by atoms with Crippen molar-refractivity contribution >= 4 is 22.8 Å². The monoisotopic (exact) mass is 284 g/mol. The van der Waals surface area contributed by atoms with Crippen LogP contribution in [0.2, 0.25) is 0 Å². The number of halogens is 1. The van der Waals surface area contributed by atoms with Crippen molar-refractivity contribution in [2.24, 2.45) is 7.05 Å². The van der Waals surface area contributed by atoms with Crippen LogP contribution in [-0.4, -0.2) is 33.0 Å². The van der Waals surface area contributed by atoms with E-state index >= 15 is 0 Å². The number of methoxy groups -OCH3 is 1. The number of alkyl halides is 1. The van der Waals surface area contributed by atoms with Crippen LogP contribution in [0.5, 0.6) is 0 Å². The molecule has 2 heterocycles. The molecule has 0 unspecified atom stereocenters. The van der Waals surface area contributed by atoms with Gasteiger partial charge >= 0.3 is 0 Å². The average molecular weight is 285 g/mol. The predicted molar refractivity (Wildman–Crippen MR) is 76.5 cm³/mol. The Morgan fingerprint density at radius 1 is 1.26 bits per heavy atom. The van der Waals surface area contributed by atoms with Crippen molar-refractivity contribution in [2.45, 2.75) is 38.6 Å². The second kappa shape index (κ2) is 6.39. The molecule has 0 bridgehead atoms. The average Bonchev–Trinajstić information content (AvgIpc) is 2.89. The Balaban J connectivity index is 2.15. The lowest BCUT2D eigenvalue weighted by Gasteiger charge is -2.08. The molecule has 0 aromatic carbocycles. The molecule has 0 saturated carbocycles. The van der Waals surface area contributed by atoms with Crippen LogP contribution in [0.1, 0.15) is 30.8 Å². The van der Waals surface area contributed by atoms with E-state index in [0.29, 0.717) is 5.88 Å². The van der Waals surface area contributed by atoms with Crippen molar-refractivity contribution in [1.29, 1.82) is 0 Å². The normalized spacial score (nSPS) is 11.6. The first-order valence-corrected chi connectivity index (χ1v) is 7.16. The van der Waals surface area contributed by atoms with E-state index in [4.69, 9.17) is 16.3 Å². The van der Waals surface area contributed by atoms with Gasteiger partial charge in [0.05, 0.1) is 11.6 Å². The van der Waals surface area contributed by atoms with E-state index in [-0.39, 0.29) is 0 Å². The van der Waals surface area contributed by atoms with Crippen molar-refractivity contribution in [3.63, 3.8) is 0 Å². The summed E-state index contributed by atoms with van der Waals surface area (Å²) in [6.07, 6.45) is 3.34. The van der Waals surface area contributed by atoms with Crippen LogP contribution in [0, 0.1) is 6.92 Å². The minimum Gasteiger partial charge on any atom is -0.385 e. The first-order valence-electron chi connectivity index (χ1n) is 6.62. The molecule has 0 aliphatic carbocycles. The van der Waals surface area contributed by atoms with Gasteiger partial charge in [-0.15, -0.1) is 11.6 Å². The minimum atomic E-state index is 0.437. The second-order valence-electron chi connectivity index (χ2n) is 4.75. The fourth-order valence-corrected chi connectivity index (χ4v) is 2.61. The second-order valence-corrected chi connectivity index (χ2v) is 5.02. The number of rotatable bonds is 7. The highest BCUT2D eigenvalue weighted by atomic mass is 35.5. The summed E-state index contributed by atoms with van der Waals surface area (Å²) in [5.41, 5.74) is 3.00. The van der Waals surface area contributed by atoms with Crippen molar-refractivity contribution < 1.29 is 4.74 Å². The number of ether oxygens (including phenoxy) is 1. The molecule has 0 fully saturated rings. The van der Waals surface area contributed by atoms with Gasteiger partial charge in [-0.1, -0.05) is 0 Å². The number of hydrogen-bond acceptors (Lipinski definition) is 3. The van der Waals surface area contributed by atoms with Crippen molar-refractivity contribution in [3.8, 4) is 0 Å². The lowest BCUT2D eigenvalue weighted by atomic mass is 10.2. The Labute approximate surface area is 118 Å². The molecule has 0 radical (unpaired) electrons. The number of aryl methyl sites for hydroxylation is 3. The highest BCUT2D eigenvalue weighted by Crippen LogP contribution is 2.20. The number of hydrogen-bond donors (Lipinski definition) is 0. The summed E-state index contributed by atoms with van der Waals surface area (Å²) in [7, 11) is 3.69. The molecule has 2 aromatic heterocycles. The SMILES string of the molecule is COCCCCCn1c(CCl)nc2c(C)nn(C)c21. The number of unbranched alkanes of at least 4 members (excludes halogenated alkanes) is 2. The highest BCUT2D eigenvalue weighted by Gasteiger charge is 2.16. The van der Waals surface area contributed by atoms with Gasteiger partial charge in [-0.25, -0.2) is 4.98 Å². The zero-order valence-electron chi connectivity index (χ0n) is 11.8. The molecular weight excluding hydrogens is 264 g/mol. The van der Waals surface area contributed by atoms with E-state index < -0.39 is 0 Å². The standard InChI is InChI=1S/C13H21ClN4O/c1-10-12-13(17(2)16-10)18(11(9-14)15-12)7-5-4-6-8-19-3/h4-9H2,1-3H3. The molecule has 0 amide bonds. The van der Waals surface area contributed by atoms with Gasteiger partial charge in [-0.3, -0.25) is 4.68 Å². The minimum absolute atomic E-state index is 0.437. The maximum atomic E-state index is 5.99. The van der Waals surface area contributed by atoms with E-state index in [1.165, 1.54) is 0 Å². The number of imidazole rings is 1. The molecule has 19 heavy (non-hydrogen) atoms. The quantitative estimate of drug-likeness (QED) is 0.580. The number of fused-ring (bicyclic) bond motifs is 1. The van der Waals surface area contributed by atoms with Gasteiger partial charge in [0.2, 0.25) is 0 Å². The summed E-state index contributed by atoms with van der Waals surface area (Å²) < 4.78 is 9.14. The van der Waals surface area contributed by atoms with E-state index in [0.717, 1.165) is 55.1 Å². The molecule has 0 aliphatic rings. The summed E-state index contributed by atoms with van der Waals surface area (Å²) in [4.78, 5) is 4.59. The topological polar surface area (TPSA) is 44.9 Å². The fourth-order valence-electron chi connectivity index (χ4n) is 2.41. The Bertz CT molecular complexity index is 546. The molecule has 2 aromatic rings. The van der Waals surface area contributed by atoms with Gasteiger partial charge < -0.3 is 9.30 Å². The molecular formula is C13H21ClN4O. The largest absolute Gasteiger partial charge is 0.385 e. The fraction of sp³-hybridized carbons (Fsp3) is 0.692. The molecule has 0 saturated heterocycles. The van der Waals surface area contributed by atoms with Gasteiger partial charge in [0, 0.05) is 27.3 Å². The van der Waals surface area contributed by atoms with Crippen molar-refractivity contribution in [1.82, 2.24) is 19.3 Å². The van der Waals surface area contributed by atoms with Gasteiger partial charge in [0.1, 0.15) is 11.3 Å².